The van der Waals surface area contributed by atoms with Crippen molar-refractivity contribution in [2.75, 3.05) is 0 Å². The van der Waals surface area contributed by atoms with E-state index in [4.69, 9.17) is 0 Å². The van der Waals surface area contributed by atoms with Crippen LogP contribution in [0.2, 0.25) is 0 Å². The van der Waals surface area contributed by atoms with Gasteiger partial charge in [-0.05, 0) is 28.8 Å². The van der Waals surface area contributed by atoms with Gasteiger partial charge < -0.3 is 20.8 Å². The van der Waals surface area contributed by atoms with Crippen molar-refractivity contribution in [2.24, 2.45) is 0 Å². The number of rotatable bonds is 10. The maximum atomic E-state index is 13.4. The highest BCUT2D eigenvalue weighted by atomic mass is 16.4. The average molecular weight is 509 g/mol. The molecule has 0 aliphatic rings. The lowest BCUT2D eigenvalue weighted by atomic mass is 9.84. The molecule has 7 heteroatoms. The number of aliphatic carboxylic acids is 1. The lowest BCUT2D eigenvalue weighted by Crippen LogP contribution is -2.52. The van der Waals surface area contributed by atoms with Gasteiger partial charge in [0.25, 0.3) is 11.8 Å². The number of aliphatic hydroxyl groups is 1. The van der Waals surface area contributed by atoms with Crippen LogP contribution in [0.15, 0.2) is 121 Å². The molecule has 4 N–H and O–H groups in total. The number of carbonyl (C=O) groups is 3. The van der Waals surface area contributed by atoms with Crippen LogP contribution in [0.3, 0.4) is 0 Å². The zero-order valence-corrected chi connectivity index (χ0v) is 20.5. The standard InChI is InChI=1S/C31H28N2O5/c34-28(26(23-17-9-3-10-18-23)32-29(35)24-19-11-4-12-20-24)30(36)33-27(31(37)38)25(21-13-5-1-6-14-21)22-15-7-2-8-16-22/h1-20,25-28,34H,(H,32,35)(H,33,36)(H,37,38)/t26-,27+,28+/m0/s1. The van der Waals surface area contributed by atoms with Gasteiger partial charge in [-0.25, -0.2) is 4.79 Å². The van der Waals surface area contributed by atoms with Crippen LogP contribution in [0.4, 0.5) is 0 Å². The summed E-state index contributed by atoms with van der Waals surface area (Å²) in [5, 5.41) is 26.6. The van der Waals surface area contributed by atoms with E-state index in [1.165, 1.54) is 0 Å². The molecule has 0 aliphatic carbocycles. The van der Waals surface area contributed by atoms with Gasteiger partial charge in [0, 0.05) is 11.5 Å². The zero-order chi connectivity index (χ0) is 26.9. The number of hydrogen-bond donors (Lipinski definition) is 4. The smallest absolute Gasteiger partial charge is 0.327 e. The average Bonchev–Trinajstić information content (AvgIpc) is 2.97. The molecule has 192 valence electrons. The Labute approximate surface area is 220 Å². The fourth-order valence-electron chi connectivity index (χ4n) is 4.39. The summed E-state index contributed by atoms with van der Waals surface area (Å²) >= 11 is 0. The van der Waals surface area contributed by atoms with Crippen molar-refractivity contribution in [3.05, 3.63) is 144 Å². The maximum Gasteiger partial charge on any atom is 0.327 e. The summed E-state index contributed by atoms with van der Waals surface area (Å²) in [5.41, 5.74) is 2.24. The second-order valence-electron chi connectivity index (χ2n) is 8.80. The molecule has 0 saturated heterocycles. The molecular weight excluding hydrogens is 480 g/mol. The van der Waals surface area contributed by atoms with Crippen LogP contribution in [-0.4, -0.2) is 40.1 Å². The molecule has 0 heterocycles. The third-order valence-electron chi connectivity index (χ3n) is 6.28. The molecule has 4 rings (SSSR count). The second-order valence-corrected chi connectivity index (χ2v) is 8.80. The molecule has 0 fully saturated rings. The molecule has 4 aromatic rings. The third-order valence-corrected chi connectivity index (χ3v) is 6.28. The van der Waals surface area contributed by atoms with Crippen LogP contribution in [0.5, 0.6) is 0 Å². The third kappa shape index (κ3) is 6.32. The molecule has 4 aromatic carbocycles. The molecule has 2 amide bonds. The quantitative estimate of drug-likeness (QED) is 0.259. The van der Waals surface area contributed by atoms with Crippen molar-refractivity contribution < 1.29 is 24.6 Å². The number of carboxylic acids is 1. The number of carbonyl (C=O) groups excluding carboxylic acids is 2. The number of benzene rings is 4. The minimum atomic E-state index is -1.76. The van der Waals surface area contributed by atoms with Gasteiger partial charge in [-0.3, -0.25) is 9.59 Å². The predicted molar refractivity (Wildman–Crippen MR) is 143 cm³/mol. The molecule has 0 saturated carbocycles. The molecular formula is C31H28N2O5. The molecule has 0 radical (unpaired) electrons. The first-order valence-corrected chi connectivity index (χ1v) is 12.2. The number of carboxylic acid groups (broad SMARTS) is 1. The summed E-state index contributed by atoms with van der Waals surface area (Å²) in [6.07, 6.45) is -1.76. The van der Waals surface area contributed by atoms with Gasteiger partial charge >= 0.3 is 5.97 Å². The van der Waals surface area contributed by atoms with Gasteiger partial charge in [0.05, 0.1) is 6.04 Å². The van der Waals surface area contributed by atoms with Crippen molar-refractivity contribution in [1.82, 2.24) is 10.6 Å². The molecule has 0 spiro atoms. The molecule has 7 nitrogen and oxygen atoms in total. The van der Waals surface area contributed by atoms with E-state index in [9.17, 15) is 24.6 Å². The first-order chi connectivity index (χ1) is 18.5. The highest BCUT2D eigenvalue weighted by Crippen LogP contribution is 2.29. The Hall–Kier alpha value is -4.75. The molecule has 0 aromatic heterocycles. The minimum Gasteiger partial charge on any atom is -0.480 e. The largest absolute Gasteiger partial charge is 0.480 e. The Morgan fingerprint density at radius 3 is 1.45 bits per heavy atom. The van der Waals surface area contributed by atoms with E-state index in [1.807, 2.05) is 12.1 Å². The molecule has 0 unspecified atom stereocenters. The van der Waals surface area contributed by atoms with Gasteiger partial charge in [0.15, 0.2) is 6.10 Å². The van der Waals surface area contributed by atoms with Crippen molar-refractivity contribution in [1.29, 1.82) is 0 Å². The number of amides is 2. The molecule has 0 bridgehead atoms. The summed E-state index contributed by atoms with van der Waals surface area (Å²) < 4.78 is 0. The van der Waals surface area contributed by atoms with E-state index in [1.54, 1.807) is 109 Å². The minimum absolute atomic E-state index is 0.359. The van der Waals surface area contributed by atoms with Gasteiger partial charge in [-0.1, -0.05) is 109 Å². The Morgan fingerprint density at radius 2 is 1.00 bits per heavy atom. The van der Waals surface area contributed by atoms with Gasteiger partial charge in [0.2, 0.25) is 0 Å². The van der Waals surface area contributed by atoms with Crippen LogP contribution >= 0.6 is 0 Å². The number of nitrogens with one attached hydrogen (secondary N) is 2. The Morgan fingerprint density at radius 1 is 0.579 bits per heavy atom. The normalized spacial score (nSPS) is 13.2. The highest BCUT2D eigenvalue weighted by molar-refractivity contribution is 5.95. The van der Waals surface area contributed by atoms with E-state index in [0.29, 0.717) is 22.3 Å². The summed E-state index contributed by atoms with van der Waals surface area (Å²) in [7, 11) is 0. The molecule has 3 atom stereocenters. The highest BCUT2D eigenvalue weighted by Gasteiger charge is 2.36. The number of aliphatic hydroxyl groups excluding tert-OH is 1. The van der Waals surface area contributed by atoms with Crippen molar-refractivity contribution in [2.45, 2.75) is 24.1 Å². The molecule has 38 heavy (non-hydrogen) atoms. The van der Waals surface area contributed by atoms with E-state index in [2.05, 4.69) is 10.6 Å². The fourth-order valence-corrected chi connectivity index (χ4v) is 4.39. The van der Waals surface area contributed by atoms with E-state index >= 15 is 0 Å². The topological polar surface area (TPSA) is 116 Å². The Kier molecular flexibility index (Phi) is 8.64. The predicted octanol–water partition coefficient (Wildman–Crippen LogP) is 3.92. The summed E-state index contributed by atoms with van der Waals surface area (Å²) in [4.78, 5) is 38.8. The second kappa shape index (κ2) is 12.5. The summed E-state index contributed by atoms with van der Waals surface area (Å²) in [6, 6.07) is 32.5. The zero-order valence-electron chi connectivity index (χ0n) is 20.5. The monoisotopic (exact) mass is 508 g/mol. The van der Waals surface area contributed by atoms with Gasteiger partial charge in [0.1, 0.15) is 6.04 Å². The van der Waals surface area contributed by atoms with Crippen LogP contribution < -0.4 is 10.6 Å². The van der Waals surface area contributed by atoms with Gasteiger partial charge in [-0.2, -0.15) is 0 Å². The number of hydrogen-bond acceptors (Lipinski definition) is 4. The summed E-state index contributed by atoms with van der Waals surface area (Å²) in [6.45, 7) is 0. The summed E-state index contributed by atoms with van der Waals surface area (Å²) in [5.74, 6) is -3.38. The Balaban J connectivity index is 1.63. The fraction of sp³-hybridized carbons (Fsp3) is 0.129. The SMILES string of the molecule is O=C(N[C@@H](c1ccccc1)[C@@H](O)C(=O)N[C@@H](C(=O)O)C(c1ccccc1)c1ccccc1)c1ccccc1. The lowest BCUT2D eigenvalue weighted by molar-refractivity contribution is -0.144. The maximum absolute atomic E-state index is 13.4. The van der Waals surface area contributed by atoms with Crippen molar-refractivity contribution in [3.63, 3.8) is 0 Å². The molecule has 0 aliphatic heterocycles. The first-order valence-electron chi connectivity index (χ1n) is 12.2. The van der Waals surface area contributed by atoms with E-state index in [-0.39, 0.29) is 0 Å². The van der Waals surface area contributed by atoms with Crippen LogP contribution in [0, 0.1) is 0 Å². The van der Waals surface area contributed by atoms with Crippen molar-refractivity contribution >= 4 is 17.8 Å². The van der Waals surface area contributed by atoms with Crippen molar-refractivity contribution in [3.8, 4) is 0 Å². The van der Waals surface area contributed by atoms with Crippen LogP contribution in [0.25, 0.3) is 0 Å². The Bertz CT molecular complexity index is 1310. The van der Waals surface area contributed by atoms with Crippen LogP contribution in [-0.2, 0) is 9.59 Å². The van der Waals surface area contributed by atoms with E-state index < -0.39 is 41.9 Å². The lowest BCUT2D eigenvalue weighted by Gasteiger charge is -2.29. The van der Waals surface area contributed by atoms with E-state index in [0.717, 1.165) is 0 Å². The van der Waals surface area contributed by atoms with Crippen LogP contribution in [0.1, 0.15) is 39.0 Å². The first kappa shape index (κ1) is 26.3. The van der Waals surface area contributed by atoms with Gasteiger partial charge in [-0.15, -0.1) is 0 Å².